The molecule has 0 radical (unpaired) electrons. The Morgan fingerprint density at radius 1 is 1.35 bits per heavy atom. The van der Waals surface area contributed by atoms with Gasteiger partial charge in [0, 0.05) is 12.1 Å². The summed E-state index contributed by atoms with van der Waals surface area (Å²) < 4.78 is 11.4. The van der Waals surface area contributed by atoms with Gasteiger partial charge in [0.15, 0.2) is 11.5 Å². The normalized spacial score (nSPS) is 16.1. The van der Waals surface area contributed by atoms with Crippen molar-refractivity contribution in [2.45, 2.75) is 13.3 Å². The first-order valence-corrected chi connectivity index (χ1v) is 8.39. The number of amides is 1. The van der Waals surface area contributed by atoms with Crippen molar-refractivity contribution in [1.29, 1.82) is 0 Å². The van der Waals surface area contributed by atoms with E-state index in [9.17, 15) is 4.79 Å². The van der Waals surface area contributed by atoms with Gasteiger partial charge in [-0.15, -0.1) is 6.58 Å². The van der Waals surface area contributed by atoms with Crippen LogP contribution in [0.15, 0.2) is 29.7 Å². The van der Waals surface area contributed by atoms with Gasteiger partial charge < -0.3 is 9.47 Å². The molecule has 0 atom stereocenters. The lowest BCUT2D eigenvalue weighted by atomic mass is 10.0. The van der Waals surface area contributed by atoms with Crippen LogP contribution in [0.2, 0.25) is 0 Å². The molecule has 1 amide bonds. The predicted octanol–water partition coefficient (Wildman–Crippen LogP) is 3.65. The molecule has 6 heteroatoms. The molecule has 0 N–H and O–H groups in total. The van der Waals surface area contributed by atoms with Crippen LogP contribution in [-0.4, -0.2) is 35.9 Å². The Hall–Kier alpha value is -1.79. The molecule has 1 aromatic carbocycles. The lowest BCUT2D eigenvalue weighted by molar-refractivity contribution is -0.121. The van der Waals surface area contributed by atoms with E-state index in [1.54, 1.807) is 25.2 Å². The van der Waals surface area contributed by atoms with Gasteiger partial charge in [0.05, 0.1) is 19.1 Å². The number of allylic oxidation sites excluding steroid dienone is 1. The monoisotopic (exact) mass is 349 g/mol. The smallest absolute Gasteiger partial charge is 0.266 e. The van der Waals surface area contributed by atoms with E-state index < -0.39 is 0 Å². The number of ether oxygens (including phenoxy) is 2. The summed E-state index contributed by atoms with van der Waals surface area (Å²) >= 11 is 6.56. The molecule has 1 aliphatic rings. The number of carbonyl (C=O) groups excluding carboxylic acids is 1. The lowest BCUT2D eigenvalue weighted by Crippen LogP contribution is -2.27. The average molecular weight is 349 g/mol. The number of rotatable bonds is 6. The molecule has 2 rings (SSSR count). The van der Waals surface area contributed by atoms with E-state index in [2.05, 4.69) is 6.58 Å². The molecular weight excluding hydrogens is 330 g/mol. The number of methoxy groups -OCH3 is 2. The first-order chi connectivity index (χ1) is 11.0. The van der Waals surface area contributed by atoms with Gasteiger partial charge in [0.2, 0.25) is 0 Å². The number of hydrogen-bond acceptors (Lipinski definition) is 5. The zero-order chi connectivity index (χ0) is 17.0. The largest absolute Gasteiger partial charge is 0.493 e. The van der Waals surface area contributed by atoms with E-state index in [0.717, 1.165) is 11.1 Å². The molecule has 0 bridgehead atoms. The molecule has 0 saturated carbocycles. The Labute approximate surface area is 146 Å². The minimum atomic E-state index is -0.0532. The summed E-state index contributed by atoms with van der Waals surface area (Å²) in [4.78, 5) is 14.5. The zero-order valence-electron chi connectivity index (χ0n) is 13.4. The van der Waals surface area contributed by atoms with E-state index in [1.807, 2.05) is 25.1 Å². The summed E-state index contributed by atoms with van der Waals surface area (Å²) in [6.45, 7) is 6.26. The Morgan fingerprint density at radius 3 is 2.61 bits per heavy atom. The second-order valence-electron chi connectivity index (χ2n) is 4.83. The minimum absolute atomic E-state index is 0.0532. The molecule has 0 spiro atoms. The van der Waals surface area contributed by atoms with Crippen LogP contribution in [-0.2, 0) is 11.2 Å². The molecule has 0 aliphatic carbocycles. The third kappa shape index (κ3) is 3.59. The van der Waals surface area contributed by atoms with Gasteiger partial charge in [-0.2, -0.15) is 0 Å². The van der Waals surface area contributed by atoms with Crippen molar-refractivity contribution in [2.75, 3.05) is 20.8 Å². The van der Waals surface area contributed by atoms with E-state index in [1.165, 1.54) is 11.8 Å². The summed E-state index contributed by atoms with van der Waals surface area (Å²) in [5, 5.41) is 0. The van der Waals surface area contributed by atoms with Gasteiger partial charge in [-0.05, 0) is 37.1 Å². The van der Waals surface area contributed by atoms with Gasteiger partial charge in [0.1, 0.15) is 4.32 Å². The molecule has 122 valence electrons. The van der Waals surface area contributed by atoms with Crippen LogP contribution >= 0.6 is 24.0 Å². The van der Waals surface area contributed by atoms with Crippen molar-refractivity contribution >= 4 is 40.3 Å². The molecule has 1 aliphatic heterocycles. The summed E-state index contributed by atoms with van der Waals surface area (Å²) in [5.74, 6) is 1.26. The number of thioether (sulfide) groups is 1. The highest BCUT2D eigenvalue weighted by atomic mass is 32.2. The van der Waals surface area contributed by atoms with Gasteiger partial charge in [-0.1, -0.05) is 30.1 Å². The third-order valence-electron chi connectivity index (χ3n) is 3.43. The summed E-state index contributed by atoms with van der Waals surface area (Å²) in [6.07, 6.45) is 4.29. The van der Waals surface area contributed by atoms with Crippen molar-refractivity contribution < 1.29 is 14.3 Å². The highest BCUT2D eigenvalue weighted by Gasteiger charge is 2.30. The second-order valence-corrected chi connectivity index (χ2v) is 6.51. The minimum Gasteiger partial charge on any atom is -0.493 e. The van der Waals surface area contributed by atoms with E-state index >= 15 is 0 Å². The summed E-state index contributed by atoms with van der Waals surface area (Å²) in [5.41, 5.74) is 1.83. The quantitative estimate of drug-likeness (QED) is 0.445. The third-order valence-corrected chi connectivity index (χ3v) is 4.81. The maximum absolute atomic E-state index is 12.3. The molecule has 1 heterocycles. The average Bonchev–Trinajstić information content (AvgIpc) is 2.80. The first kappa shape index (κ1) is 17.6. The summed E-state index contributed by atoms with van der Waals surface area (Å²) in [7, 11) is 3.20. The molecule has 0 aromatic heterocycles. The standard InChI is InChI=1S/C17H19NO3S2/c1-5-7-12-8-11(9-13(20-3)15(12)21-4)10-14-16(19)18(6-2)17(22)23-14/h5,8-10H,1,6-7H2,2-4H3/b14-10+. The van der Waals surface area contributed by atoms with Crippen LogP contribution < -0.4 is 9.47 Å². The van der Waals surface area contributed by atoms with Crippen LogP contribution in [0, 0.1) is 0 Å². The van der Waals surface area contributed by atoms with Gasteiger partial charge in [-0.25, -0.2) is 0 Å². The number of nitrogens with zero attached hydrogens (tertiary/aromatic N) is 1. The van der Waals surface area contributed by atoms with Crippen LogP contribution in [0.1, 0.15) is 18.1 Å². The van der Waals surface area contributed by atoms with Crippen molar-refractivity contribution in [3.63, 3.8) is 0 Å². The van der Waals surface area contributed by atoms with Gasteiger partial charge in [-0.3, -0.25) is 9.69 Å². The molecule has 0 unspecified atom stereocenters. The Kier molecular flexibility index (Phi) is 5.85. The zero-order valence-corrected chi connectivity index (χ0v) is 15.1. The van der Waals surface area contributed by atoms with Crippen molar-refractivity contribution in [3.8, 4) is 11.5 Å². The number of hydrogen-bond donors (Lipinski definition) is 0. The fourth-order valence-electron chi connectivity index (χ4n) is 2.38. The molecule has 1 fully saturated rings. The molecule has 4 nitrogen and oxygen atoms in total. The fourth-order valence-corrected chi connectivity index (χ4v) is 3.77. The number of benzene rings is 1. The predicted molar refractivity (Wildman–Crippen MR) is 99.0 cm³/mol. The number of likely N-dealkylation sites (N-methyl/N-ethyl adjacent to an activating group) is 1. The van der Waals surface area contributed by atoms with Crippen LogP contribution in [0.3, 0.4) is 0 Å². The molecule has 1 saturated heterocycles. The maximum atomic E-state index is 12.3. The summed E-state index contributed by atoms with van der Waals surface area (Å²) in [6, 6.07) is 3.82. The van der Waals surface area contributed by atoms with Crippen molar-refractivity contribution in [3.05, 3.63) is 40.8 Å². The lowest BCUT2D eigenvalue weighted by Gasteiger charge is -2.13. The molecule has 1 aromatic rings. The molecular formula is C17H19NO3S2. The van der Waals surface area contributed by atoms with Gasteiger partial charge >= 0.3 is 0 Å². The Morgan fingerprint density at radius 2 is 2.09 bits per heavy atom. The van der Waals surface area contributed by atoms with Crippen LogP contribution in [0.4, 0.5) is 0 Å². The van der Waals surface area contributed by atoms with E-state index in [0.29, 0.717) is 33.7 Å². The van der Waals surface area contributed by atoms with Crippen molar-refractivity contribution in [1.82, 2.24) is 4.90 Å². The number of thiocarbonyl (C=S) groups is 1. The maximum Gasteiger partial charge on any atom is 0.266 e. The molecule has 23 heavy (non-hydrogen) atoms. The Balaban J connectivity index is 2.46. The first-order valence-electron chi connectivity index (χ1n) is 7.16. The highest BCUT2D eigenvalue weighted by molar-refractivity contribution is 8.26. The Bertz CT molecular complexity index is 683. The topological polar surface area (TPSA) is 38.8 Å². The van der Waals surface area contributed by atoms with Gasteiger partial charge in [0.25, 0.3) is 5.91 Å². The van der Waals surface area contributed by atoms with Crippen LogP contribution in [0.25, 0.3) is 6.08 Å². The number of carbonyl (C=O) groups is 1. The van der Waals surface area contributed by atoms with Crippen LogP contribution in [0.5, 0.6) is 11.5 Å². The van der Waals surface area contributed by atoms with E-state index in [-0.39, 0.29) is 5.91 Å². The van der Waals surface area contributed by atoms with E-state index in [4.69, 9.17) is 21.7 Å². The SMILES string of the molecule is C=CCc1cc(/C=C2/SC(=S)N(CC)C2=O)cc(OC)c1OC. The second kappa shape index (κ2) is 7.66. The fraction of sp³-hybridized carbons (Fsp3) is 0.294. The highest BCUT2D eigenvalue weighted by Crippen LogP contribution is 2.36. The van der Waals surface area contributed by atoms with Crippen molar-refractivity contribution in [2.24, 2.45) is 0 Å².